The molecule has 3 aromatic rings. The highest BCUT2D eigenvalue weighted by atomic mass is 16.5. The van der Waals surface area contributed by atoms with Crippen molar-refractivity contribution in [2.75, 3.05) is 0 Å². The summed E-state index contributed by atoms with van der Waals surface area (Å²) >= 11 is 0. The van der Waals surface area contributed by atoms with E-state index in [-0.39, 0.29) is 18.0 Å². The summed E-state index contributed by atoms with van der Waals surface area (Å²) in [6.45, 7) is 5.24. The number of furan rings is 1. The van der Waals surface area contributed by atoms with Crippen LogP contribution < -0.4 is 10.2 Å². The van der Waals surface area contributed by atoms with Crippen LogP contribution in [0.2, 0.25) is 0 Å². The number of nitrogens with zero attached hydrogens (tertiary/aromatic N) is 1. The van der Waals surface area contributed by atoms with E-state index in [0.717, 1.165) is 5.56 Å². The standard InChI is InChI=1S/C24H24N2O5/c1-16(2)29-24(28)19-9-7-8-18(14-19)22-13-12-21(31-22)15-25-26-23(27)17(3)30-20-10-5-4-6-11-20/h4-17H,1-3H3,(H,26,27)/b25-15-/t17-/m0/s1. The normalized spacial score (nSPS) is 12.0. The molecule has 0 radical (unpaired) electrons. The third kappa shape index (κ3) is 6.30. The van der Waals surface area contributed by atoms with Crippen molar-refractivity contribution in [2.45, 2.75) is 33.0 Å². The number of carbonyl (C=O) groups is 2. The summed E-state index contributed by atoms with van der Waals surface area (Å²) in [6, 6.07) is 19.5. The van der Waals surface area contributed by atoms with Crippen LogP contribution in [-0.4, -0.2) is 30.3 Å². The monoisotopic (exact) mass is 420 g/mol. The second kappa shape index (κ2) is 10.2. The van der Waals surface area contributed by atoms with Gasteiger partial charge in [0.05, 0.1) is 17.9 Å². The molecule has 160 valence electrons. The number of hydrazone groups is 1. The van der Waals surface area contributed by atoms with Gasteiger partial charge in [0.15, 0.2) is 6.10 Å². The molecule has 1 N–H and O–H groups in total. The van der Waals surface area contributed by atoms with E-state index in [1.54, 1.807) is 63.2 Å². The summed E-state index contributed by atoms with van der Waals surface area (Å²) in [4.78, 5) is 24.2. The molecule has 1 heterocycles. The lowest BCUT2D eigenvalue weighted by Gasteiger charge is -2.12. The predicted octanol–water partition coefficient (Wildman–Crippen LogP) is 4.43. The number of amides is 1. The zero-order valence-electron chi connectivity index (χ0n) is 17.6. The van der Waals surface area contributed by atoms with Crippen molar-refractivity contribution < 1.29 is 23.5 Å². The van der Waals surface area contributed by atoms with Crippen LogP contribution in [0.15, 0.2) is 76.2 Å². The van der Waals surface area contributed by atoms with Crippen LogP contribution in [0.5, 0.6) is 5.75 Å². The van der Waals surface area contributed by atoms with Gasteiger partial charge in [0, 0.05) is 5.56 Å². The Bertz CT molecular complexity index is 1060. The molecule has 1 amide bonds. The average Bonchev–Trinajstić information content (AvgIpc) is 3.23. The maximum absolute atomic E-state index is 12.1. The van der Waals surface area contributed by atoms with Gasteiger partial charge < -0.3 is 13.9 Å². The van der Waals surface area contributed by atoms with Gasteiger partial charge in [-0.2, -0.15) is 5.10 Å². The predicted molar refractivity (Wildman–Crippen MR) is 117 cm³/mol. The van der Waals surface area contributed by atoms with Gasteiger partial charge in [0.1, 0.15) is 17.3 Å². The molecule has 0 bridgehead atoms. The Balaban J connectivity index is 1.59. The zero-order chi connectivity index (χ0) is 22.2. The second-order valence-corrected chi connectivity index (χ2v) is 7.04. The van der Waals surface area contributed by atoms with Crippen molar-refractivity contribution >= 4 is 18.1 Å². The van der Waals surface area contributed by atoms with E-state index in [1.165, 1.54) is 6.21 Å². The third-order valence-electron chi connectivity index (χ3n) is 4.14. The molecule has 0 fully saturated rings. The first kappa shape index (κ1) is 21.8. The Morgan fingerprint density at radius 3 is 2.52 bits per heavy atom. The molecule has 0 spiro atoms. The lowest BCUT2D eigenvalue weighted by Crippen LogP contribution is -2.33. The smallest absolute Gasteiger partial charge is 0.338 e. The van der Waals surface area contributed by atoms with E-state index in [2.05, 4.69) is 10.5 Å². The molecule has 0 saturated carbocycles. The molecule has 0 unspecified atom stereocenters. The number of esters is 1. The van der Waals surface area contributed by atoms with E-state index in [0.29, 0.717) is 22.8 Å². The van der Waals surface area contributed by atoms with Crippen LogP contribution in [-0.2, 0) is 9.53 Å². The first-order valence-electron chi connectivity index (χ1n) is 9.88. The number of para-hydroxylation sites is 1. The molecule has 1 atom stereocenters. The third-order valence-corrected chi connectivity index (χ3v) is 4.14. The number of hydrogen-bond acceptors (Lipinski definition) is 6. The number of rotatable bonds is 8. The van der Waals surface area contributed by atoms with Gasteiger partial charge in [-0.15, -0.1) is 0 Å². The molecule has 7 heteroatoms. The molecule has 0 aliphatic carbocycles. The highest BCUT2D eigenvalue weighted by molar-refractivity contribution is 5.91. The Morgan fingerprint density at radius 1 is 1.00 bits per heavy atom. The molecule has 2 aromatic carbocycles. The largest absolute Gasteiger partial charge is 0.481 e. The van der Waals surface area contributed by atoms with Gasteiger partial charge in [-0.3, -0.25) is 4.79 Å². The van der Waals surface area contributed by atoms with E-state index >= 15 is 0 Å². The lowest BCUT2D eigenvalue weighted by atomic mass is 10.1. The van der Waals surface area contributed by atoms with Crippen LogP contribution in [0, 0.1) is 0 Å². The molecular formula is C24H24N2O5. The molecule has 0 aliphatic heterocycles. The molecule has 0 aliphatic rings. The summed E-state index contributed by atoms with van der Waals surface area (Å²) in [5, 5.41) is 3.92. The van der Waals surface area contributed by atoms with E-state index in [4.69, 9.17) is 13.9 Å². The molecule has 1 aromatic heterocycles. The van der Waals surface area contributed by atoms with Gasteiger partial charge in [-0.05, 0) is 57.2 Å². The number of hydrogen-bond donors (Lipinski definition) is 1. The van der Waals surface area contributed by atoms with Crippen molar-refractivity contribution in [3.05, 3.63) is 78.1 Å². The molecule has 31 heavy (non-hydrogen) atoms. The van der Waals surface area contributed by atoms with Crippen LogP contribution in [0.1, 0.15) is 36.9 Å². The van der Waals surface area contributed by atoms with Crippen molar-refractivity contribution in [3.63, 3.8) is 0 Å². The number of nitrogens with one attached hydrogen (secondary N) is 1. The van der Waals surface area contributed by atoms with Gasteiger partial charge in [0.2, 0.25) is 0 Å². The van der Waals surface area contributed by atoms with E-state index < -0.39 is 6.10 Å². The minimum absolute atomic E-state index is 0.196. The Morgan fingerprint density at radius 2 is 1.77 bits per heavy atom. The first-order chi connectivity index (χ1) is 14.9. The highest BCUT2D eigenvalue weighted by Crippen LogP contribution is 2.23. The fraction of sp³-hybridized carbons (Fsp3) is 0.208. The molecule has 3 rings (SSSR count). The quantitative estimate of drug-likeness (QED) is 0.331. The summed E-state index contributed by atoms with van der Waals surface area (Å²) in [7, 11) is 0. The van der Waals surface area contributed by atoms with Gasteiger partial charge in [-0.1, -0.05) is 30.3 Å². The lowest BCUT2D eigenvalue weighted by molar-refractivity contribution is -0.127. The van der Waals surface area contributed by atoms with Crippen LogP contribution in [0.25, 0.3) is 11.3 Å². The summed E-state index contributed by atoms with van der Waals surface area (Å²) in [5.74, 6) is 0.835. The topological polar surface area (TPSA) is 90.1 Å². The SMILES string of the molecule is CC(C)OC(=O)c1cccc(-c2ccc(/C=N\NC(=O)[C@H](C)Oc3ccccc3)o2)c1. The van der Waals surface area contributed by atoms with Crippen molar-refractivity contribution in [1.29, 1.82) is 0 Å². The highest BCUT2D eigenvalue weighted by Gasteiger charge is 2.14. The fourth-order valence-electron chi connectivity index (χ4n) is 2.67. The Kier molecular flexibility index (Phi) is 7.22. The summed E-state index contributed by atoms with van der Waals surface area (Å²) in [5.41, 5.74) is 3.60. The average molecular weight is 420 g/mol. The van der Waals surface area contributed by atoms with Crippen LogP contribution in [0.3, 0.4) is 0 Å². The fourth-order valence-corrected chi connectivity index (χ4v) is 2.67. The van der Waals surface area contributed by atoms with Crippen molar-refractivity contribution in [1.82, 2.24) is 5.43 Å². The minimum atomic E-state index is -0.708. The summed E-state index contributed by atoms with van der Waals surface area (Å²) < 4.78 is 16.5. The molecular weight excluding hydrogens is 396 g/mol. The van der Waals surface area contributed by atoms with Gasteiger partial charge in [0.25, 0.3) is 5.91 Å². The zero-order valence-corrected chi connectivity index (χ0v) is 17.6. The maximum Gasteiger partial charge on any atom is 0.338 e. The van der Waals surface area contributed by atoms with Crippen LogP contribution >= 0.6 is 0 Å². The van der Waals surface area contributed by atoms with Gasteiger partial charge in [-0.25, -0.2) is 10.2 Å². The van der Waals surface area contributed by atoms with Crippen LogP contribution in [0.4, 0.5) is 0 Å². The molecule has 0 saturated heterocycles. The maximum atomic E-state index is 12.1. The second-order valence-electron chi connectivity index (χ2n) is 7.04. The van der Waals surface area contributed by atoms with Gasteiger partial charge >= 0.3 is 5.97 Å². The summed E-state index contributed by atoms with van der Waals surface area (Å²) in [6.07, 6.45) is 0.492. The minimum Gasteiger partial charge on any atom is -0.481 e. The number of ether oxygens (including phenoxy) is 2. The number of carbonyl (C=O) groups excluding carboxylic acids is 2. The van der Waals surface area contributed by atoms with Crippen molar-refractivity contribution in [3.8, 4) is 17.1 Å². The molecule has 7 nitrogen and oxygen atoms in total. The first-order valence-corrected chi connectivity index (χ1v) is 9.88. The van der Waals surface area contributed by atoms with E-state index in [1.807, 2.05) is 24.3 Å². The number of benzene rings is 2. The Labute approximate surface area is 180 Å². The van der Waals surface area contributed by atoms with E-state index in [9.17, 15) is 9.59 Å². The Hall–Kier alpha value is -3.87. The van der Waals surface area contributed by atoms with Crippen molar-refractivity contribution in [2.24, 2.45) is 5.10 Å².